The first kappa shape index (κ1) is 14.6. The number of para-hydroxylation sites is 1. The number of anilines is 1. The fourth-order valence-corrected chi connectivity index (χ4v) is 2.59. The predicted octanol–water partition coefficient (Wildman–Crippen LogP) is 2.23. The molecular formula is C13H17Cl2N3O. The quantitative estimate of drug-likeness (QED) is 0.900. The third kappa shape index (κ3) is 3.83. The van der Waals surface area contributed by atoms with Gasteiger partial charge in [0.1, 0.15) is 0 Å². The van der Waals surface area contributed by atoms with Crippen LogP contribution >= 0.6 is 23.2 Å². The molecule has 1 amide bonds. The summed E-state index contributed by atoms with van der Waals surface area (Å²) in [6.07, 6.45) is 0. The molecule has 1 fully saturated rings. The average Bonchev–Trinajstić information content (AvgIpc) is 2.37. The Morgan fingerprint density at radius 2 is 2.16 bits per heavy atom. The second-order valence-corrected chi connectivity index (χ2v) is 5.48. The Morgan fingerprint density at radius 1 is 1.47 bits per heavy atom. The van der Waals surface area contributed by atoms with Crippen LogP contribution in [-0.4, -0.2) is 43.0 Å². The third-order valence-corrected chi connectivity index (χ3v) is 3.84. The van der Waals surface area contributed by atoms with Gasteiger partial charge in [-0.25, -0.2) is 0 Å². The van der Waals surface area contributed by atoms with E-state index in [0.29, 0.717) is 28.3 Å². The first-order chi connectivity index (χ1) is 9.08. The molecule has 0 spiro atoms. The van der Waals surface area contributed by atoms with Crippen molar-refractivity contribution in [1.29, 1.82) is 0 Å². The zero-order chi connectivity index (χ0) is 13.8. The topological polar surface area (TPSA) is 44.4 Å². The molecule has 0 aromatic heterocycles. The Bertz CT molecular complexity index is 447. The minimum absolute atomic E-state index is 0.0937. The van der Waals surface area contributed by atoms with Crippen LogP contribution < -0.4 is 10.6 Å². The Hall–Kier alpha value is -0.810. The summed E-state index contributed by atoms with van der Waals surface area (Å²) in [6.45, 7) is 5.13. The van der Waals surface area contributed by atoms with Crippen LogP contribution in [-0.2, 0) is 4.79 Å². The van der Waals surface area contributed by atoms with E-state index in [4.69, 9.17) is 23.2 Å². The van der Waals surface area contributed by atoms with E-state index in [2.05, 4.69) is 22.5 Å². The summed E-state index contributed by atoms with van der Waals surface area (Å²) in [5.74, 6) is -0.0937. The molecule has 19 heavy (non-hydrogen) atoms. The van der Waals surface area contributed by atoms with Crippen molar-refractivity contribution in [2.24, 2.45) is 0 Å². The highest BCUT2D eigenvalue weighted by molar-refractivity contribution is 6.39. The maximum Gasteiger partial charge on any atom is 0.238 e. The summed E-state index contributed by atoms with van der Waals surface area (Å²) in [7, 11) is 0. The predicted molar refractivity (Wildman–Crippen MR) is 79.0 cm³/mol. The van der Waals surface area contributed by atoms with Crippen molar-refractivity contribution in [1.82, 2.24) is 10.2 Å². The molecule has 0 radical (unpaired) electrons. The third-order valence-electron chi connectivity index (χ3n) is 3.21. The molecule has 1 heterocycles. The van der Waals surface area contributed by atoms with Gasteiger partial charge in [-0.05, 0) is 19.1 Å². The lowest BCUT2D eigenvalue weighted by Crippen LogP contribution is -2.52. The smallest absolute Gasteiger partial charge is 0.238 e. The molecule has 0 unspecified atom stereocenters. The molecule has 104 valence electrons. The van der Waals surface area contributed by atoms with Gasteiger partial charge >= 0.3 is 0 Å². The summed E-state index contributed by atoms with van der Waals surface area (Å²) in [6, 6.07) is 5.51. The highest BCUT2D eigenvalue weighted by Gasteiger charge is 2.20. The summed E-state index contributed by atoms with van der Waals surface area (Å²) >= 11 is 12.0. The average molecular weight is 302 g/mol. The summed E-state index contributed by atoms with van der Waals surface area (Å²) < 4.78 is 0. The Balaban J connectivity index is 1.97. The standard InChI is InChI=1S/C13H17Cl2N3O/c1-9-7-16-5-6-18(9)8-12(19)17-13-10(14)3-2-4-11(13)15/h2-4,9,16H,5-8H2,1H3,(H,17,19)/t9-/m0/s1. The highest BCUT2D eigenvalue weighted by atomic mass is 35.5. The molecule has 2 rings (SSSR count). The van der Waals surface area contributed by atoms with Gasteiger partial charge in [0.15, 0.2) is 0 Å². The van der Waals surface area contributed by atoms with E-state index in [0.717, 1.165) is 19.6 Å². The molecule has 1 atom stereocenters. The van der Waals surface area contributed by atoms with Crippen LogP contribution in [0.2, 0.25) is 10.0 Å². The van der Waals surface area contributed by atoms with Crippen molar-refractivity contribution in [3.8, 4) is 0 Å². The number of carbonyl (C=O) groups excluding carboxylic acids is 1. The fourth-order valence-electron chi connectivity index (χ4n) is 2.10. The second kappa shape index (κ2) is 6.57. The van der Waals surface area contributed by atoms with Crippen molar-refractivity contribution >= 4 is 34.8 Å². The lowest BCUT2D eigenvalue weighted by Gasteiger charge is -2.33. The van der Waals surface area contributed by atoms with Crippen molar-refractivity contribution < 1.29 is 4.79 Å². The number of carbonyl (C=O) groups is 1. The summed E-state index contributed by atoms with van der Waals surface area (Å²) in [4.78, 5) is 14.2. The van der Waals surface area contributed by atoms with Crippen LogP contribution in [0.15, 0.2) is 18.2 Å². The molecule has 1 aromatic rings. The van der Waals surface area contributed by atoms with Crippen LogP contribution in [0, 0.1) is 0 Å². The first-order valence-corrected chi connectivity index (χ1v) is 7.02. The van der Waals surface area contributed by atoms with Crippen molar-refractivity contribution in [2.45, 2.75) is 13.0 Å². The number of piperazine rings is 1. The van der Waals surface area contributed by atoms with Crippen molar-refractivity contribution in [3.63, 3.8) is 0 Å². The minimum atomic E-state index is -0.0937. The van der Waals surface area contributed by atoms with Crippen LogP contribution in [0.1, 0.15) is 6.92 Å². The number of hydrogen-bond donors (Lipinski definition) is 2. The Morgan fingerprint density at radius 3 is 2.79 bits per heavy atom. The van der Waals surface area contributed by atoms with Crippen molar-refractivity contribution in [2.75, 3.05) is 31.5 Å². The molecule has 0 aliphatic carbocycles. The molecule has 2 N–H and O–H groups in total. The number of nitrogens with one attached hydrogen (secondary N) is 2. The van der Waals surface area contributed by atoms with Crippen LogP contribution in [0.5, 0.6) is 0 Å². The van der Waals surface area contributed by atoms with Gasteiger partial charge < -0.3 is 10.6 Å². The van der Waals surface area contributed by atoms with E-state index < -0.39 is 0 Å². The first-order valence-electron chi connectivity index (χ1n) is 6.26. The molecule has 4 nitrogen and oxygen atoms in total. The van der Waals surface area contributed by atoms with Crippen LogP contribution in [0.25, 0.3) is 0 Å². The SMILES string of the molecule is C[C@H]1CNCCN1CC(=O)Nc1c(Cl)cccc1Cl. The monoisotopic (exact) mass is 301 g/mol. The lowest BCUT2D eigenvalue weighted by molar-refractivity contribution is -0.118. The zero-order valence-electron chi connectivity index (χ0n) is 10.7. The Kier molecular flexibility index (Phi) is 5.05. The molecule has 1 aliphatic heterocycles. The zero-order valence-corrected chi connectivity index (χ0v) is 12.3. The van der Waals surface area contributed by atoms with E-state index in [1.54, 1.807) is 18.2 Å². The van der Waals surface area contributed by atoms with E-state index in [9.17, 15) is 4.79 Å². The van der Waals surface area contributed by atoms with E-state index in [-0.39, 0.29) is 5.91 Å². The van der Waals surface area contributed by atoms with Gasteiger partial charge in [-0.3, -0.25) is 9.69 Å². The van der Waals surface area contributed by atoms with Gasteiger partial charge in [-0.1, -0.05) is 29.3 Å². The Labute approximate surface area is 123 Å². The van der Waals surface area contributed by atoms with Crippen LogP contribution in [0.3, 0.4) is 0 Å². The molecule has 1 aromatic carbocycles. The number of rotatable bonds is 3. The van der Waals surface area contributed by atoms with E-state index >= 15 is 0 Å². The maximum absolute atomic E-state index is 12.0. The molecular weight excluding hydrogens is 285 g/mol. The number of hydrogen-bond acceptors (Lipinski definition) is 3. The molecule has 1 aliphatic rings. The summed E-state index contributed by atoms with van der Waals surface area (Å²) in [5, 5.41) is 6.98. The van der Waals surface area contributed by atoms with Crippen LogP contribution in [0.4, 0.5) is 5.69 Å². The molecule has 6 heteroatoms. The van der Waals surface area contributed by atoms with Gasteiger partial charge in [0.25, 0.3) is 0 Å². The minimum Gasteiger partial charge on any atom is -0.322 e. The van der Waals surface area contributed by atoms with E-state index in [1.165, 1.54) is 0 Å². The van der Waals surface area contributed by atoms with E-state index in [1.807, 2.05) is 0 Å². The molecule has 0 bridgehead atoms. The van der Waals surface area contributed by atoms with Crippen molar-refractivity contribution in [3.05, 3.63) is 28.2 Å². The summed E-state index contributed by atoms with van der Waals surface area (Å²) in [5.41, 5.74) is 0.485. The van der Waals surface area contributed by atoms with Gasteiger partial charge in [-0.2, -0.15) is 0 Å². The maximum atomic E-state index is 12.0. The fraction of sp³-hybridized carbons (Fsp3) is 0.462. The molecule has 0 saturated carbocycles. The number of benzene rings is 1. The second-order valence-electron chi connectivity index (χ2n) is 4.67. The lowest BCUT2D eigenvalue weighted by atomic mass is 10.2. The number of amides is 1. The van der Waals surface area contributed by atoms with Gasteiger partial charge in [0, 0.05) is 25.7 Å². The number of nitrogens with zero attached hydrogens (tertiary/aromatic N) is 1. The largest absolute Gasteiger partial charge is 0.322 e. The number of halogens is 2. The van der Waals surface area contributed by atoms with Gasteiger partial charge in [0.05, 0.1) is 22.3 Å². The van der Waals surface area contributed by atoms with Gasteiger partial charge in [-0.15, -0.1) is 0 Å². The normalized spacial score (nSPS) is 20.3. The molecule has 1 saturated heterocycles. The highest BCUT2D eigenvalue weighted by Crippen LogP contribution is 2.29. The van der Waals surface area contributed by atoms with Gasteiger partial charge in [0.2, 0.25) is 5.91 Å².